The number of hydrogen-bond donors (Lipinski definition) is 1. The molecule has 0 aliphatic rings. The van der Waals surface area contributed by atoms with Crippen LogP contribution in [0.25, 0.3) is 11.1 Å². The van der Waals surface area contributed by atoms with Crippen molar-refractivity contribution in [2.75, 3.05) is 0 Å². The first-order chi connectivity index (χ1) is 9.76. The molecule has 0 bridgehead atoms. The maximum absolute atomic E-state index is 13.4. The summed E-state index contributed by atoms with van der Waals surface area (Å²) in [5, 5.41) is 8.86. The number of carbonyl (C=O) groups is 1. The minimum absolute atomic E-state index is 0.0211. The van der Waals surface area contributed by atoms with Gasteiger partial charge in [-0.25, -0.2) is 9.18 Å². The third kappa shape index (κ3) is 3.71. The standard InChI is InChI=1S/C14H8F4O3/c15-10-6-8(5-9(7-10)13(19)20)11-3-1-2-4-12(11)21-14(16,17)18/h1-7H,(H,19,20). The summed E-state index contributed by atoms with van der Waals surface area (Å²) in [5.74, 6) is -2.79. The molecule has 21 heavy (non-hydrogen) atoms. The molecule has 0 saturated heterocycles. The lowest BCUT2D eigenvalue weighted by Gasteiger charge is -2.13. The van der Waals surface area contributed by atoms with Gasteiger partial charge in [0.15, 0.2) is 0 Å². The van der Waals surface area contributed by atoms with Crippen LogP contribution in [0.15, 0.2) is 42.5 Å². The zero-order valence-electron chi connectivity index (χ0n) is 10.3. The van der Waals surface area contributed by atoms with E-state index in [4.69, 9.17) is 5.11 Å². The van der Waals surface area contributed by atoms with Crippen molar-refractivity contribution < 1.29 is 32.2 Å². The molecule has 0 radical (unpaired) electrons. The lowest BCUT2D eigenvalue weighted by atomic mass is 10.0. The molecule has 0 heterocycles. The number of carboxylic acid groups (broad SMARTS) is 1. The first-order valence-corrected chi connectivity index (χ1v) is 5.65. The molecule has 0 aromatic heterocycles. The Morgan fingerprint density at radius 1 is 1.10 bits per heavy atom. The Morgan fingerprint density at radius 2 is 1.76 bits per heavy atom. The van der Waals surface area contributed by atoms with Crippen LogP contribution in [0.5, 0.6) is 5.75 Å². The predicted octanol–water partition coefficient (Wildman–Crippen LogP) is 4.09. The summed E-state index contributed by atoms with van der Waals surface area (Å²) in [6, 6.07) is 7.88. The smallest absolute Gasteiger partial charge is 0.478 e. The summed E-state index contributed by atoms with van der Waals surface area (Å²) < 4.78 is 54.3. The van der Waals surface area contributed by atoms with E-state index in [1.165, 1.54) is 18.2 Å². The van der Waals surface area contributed by atoms with E-state index >= 15 is 0 Å². The van der Waals surface area contributed by atoms with Gasteiger partial charge in [0.1, 0.15) is 11.6 Å². The van der Waals surface area contributed by atoms with Gasteiger partial charge in [-0.05, 0) is 29.8 Å². The first kappa shape index (κ1) is 14.8. The van der Waals surface area contributed by atoms with E-state index < -0.39 is 23.9 Å². The molecule has 0 saturated carbocycles. The Labute approximate surface area is 116 Å². The van der Waals surface area contributed by atoms with Crippen molar-refractivity contribution >= 4 is 5.97 Å². The molecule has 7 heteroatoms. The average Bonchev–Trinajstić information content (AvgIpc) is 2.36. The lowest BCUT2D eigenvalue weighted by Crippen LogP contribution is -2.17. The fraction of sp³-hybridized carbons (Fsp3) is 0.0714. The van der Waals surface area contributed by atoms with E-state index in [0.717, 1.165) is 24.3 Å². The van der Waals surface area contributed by atoms with Crippen molar-refractivity contribution in [2.24, 2.45) is 0 Å². The number of hydrogen-bond acceptors (Lipinski definition) is 2. The Morgan fingerprint density at radius 3 is 2.38 bits per heavy atom. The van der Waals surface area contributed by atoms with Crippen molar-refractivity contribution in [3.8, 4) is 16.9 Å². The van der Waals surface area contributed by atoms with Crippen molar-refractivity contribution in [2.45, 2.75) is 6.36 Å². The average molecular weight is 300 g/mol. The van der Waals surface area contributed by atoms with Crippen LogP contribution >= 0.6 is 0 Å². The molecule has 0 spiro atoms. The van der Waals surface area contributed by atoms with Crippen molar-refractivity contribution in [1.29, 1.82) is 0 Å². The number of ether oxygens (including phenoxy) is 1. The second-order valence-electron chi connectivity index (χ2n) is 4.08. The molecule has 2 aromatic carbocycles. The summed E-state index contributed by atoms with van der Waals surface area (Å²) in [7, 11) is 0. The number of halogens is 4. The summed E-state index contributed by atoms with van der Waals surface area (Å²) in [6.07, 6.45) is -4.90. The Kier molecular flexibility index (Phi) is 3.84. The van der Waals surface area contributed by atoms with E-state index in [-0.39, 0.29) is 16.7 Å². The Balaban J connectivity index is 2.54. The minimum Gasteiger partial charge on any atom is -0.478 e. The maximum Gasteiger partial charge on any atom is 0.573 e. The molecule has 0 atom stereocenters. The van der Waals surface area contributed by atoms with Gasteiger partial charge in [0, 0.05) is 5.56 Å². The molecule has 0 aliphatic carbocycles. The van der Waals surface area contributed by atoms with Gasteiger partial charge in [-0.15, -0.1) is 13.2 Å². The van der Waals surface area contributed by atoms with Gasteiger partial charge in [-0.3, -0.25) is 0 Å². The van der Waals surface area contributed by atoms with Crippen LogP contribution < -0.4 is 4.74 Å². The Bertz CT molecular complexity index is 680. The highest BCUT2D eigenvalue weighted by molar-refractivity contribution is 5.89. The van der Waals surface area contributed by atoms with Crippen molar-refractivity contribution in [3.05, 3.63) is 53.8 Å². The van der Waals surface area contributed by atoms with Crippen LogP contribution in [0.1, 0.15) is 10.4 Å². The topological polar surface area (TPSA) is 46.5 Å². The summed E-state index contributed by atoms with van der Waals surface area (Å²) >= 11 is 0. The summed E-state index contributed by atoms with van der Waals surface area (Å²) in [4.78, 5) is 10.9. The molecule has 0 unspecified atom stereocenters. The van der Waals surface area contributed by atoms with E-state index in [1.807, 2.05) is 0 Å². The van der Waals surface area contributed by atoms with Crippen LogP contribution in [-0.4, -0.2) is 17.4 Å². The van der Waals surface area contributed by atoms with Gasteiger partial charge in [-0.1, -0.05) is 18.2 Å². The summed E-state index contributed by atoms with van der Waals surface area (Å²) in [5.41, 5.74) is -0.448. The lowest BCUT2D eigenvalue weighted by molar-refractivity contribution is -0.274. The SMILES string of the molecule is O=C(O)c1cc(F)cc(-c2ccccc2OC(F)(F)F)c1. The third-order valence-corrected chi connectivity index (χ3v) is 2.57. The second kappa shape index (κ2) is 5.43. The van der Waals surface area contributed by atoms with Crippen LogP contribution in [0, 0.1) is 5.82 Å². The van der Waals surface area contributed by atoms with E-state index in [2.05, 4.69) is 4.74 Å². The zero-order chi connectivity index (χ0) is 15.6. The first-order valence-electron chi connectivity index (χ1n) is 5.65. The van der Waals surface area contributed by atoms with Crippen LogP contribution in [0.2, 0.25) is 0 Å². The number of alkyl halides is 3. The van der Waals surface area contributed by atoms with Gasteiger partial charge in [0.2, 0.25) is 0 Å². The van der Waals surface area contributed by atoms with Crippen molar-refractivity contribution in [1.82, 2.24) is 0 Å². The number of benzene rings is 2. The molecule has 0 fully saturated rings. The maximum atomic E-state index is 13.4. The van der Waals surface area contributed by atoms with Gasteiger partial charge in [0.25, 0.3) is 0 Å². The highest BCUT2D eigenvalue weighted by Crippen LogP contribution is 2.34. The van der Waals surface area contributed by atoms with Gasteiger partial charge >= 0.3 is 12.3 Å². The van der Waals surface area contributed by atoms with Gasteiger partial charge in [0.05, 0.1) is 5.56 Å². The fourth-order valence-corrected chi connectivity index (χ4v) is 1.79. The third-order valence-electron chi connectivity index (χ3n) is 2.57. The van der Waals surface area contributed by atoms with Crippen LogP contribution in [-0.2, 0) is 0 Å². The monoisotopic (exact) mass is 300 g/mol. The number of aromatic carboxylic acids is 1. The van der Waals surface area contributed by atoms with Crippen LogP contribution in [0.4, 0.5) is 17.6 Å². The van der Waals surface area contributed by atoms with Gasteiger partial charge < -0.3 is 9.84 Å². The highest BCUT2D eigenvalue weighted by atomic mass is 19.4. The van der Waals surface area contributed by atoms with E-state index in [0.29, 0.717) is 0 Å². The molecule has 110 valence electrons. The quantitative estimate of drug-likeness (QED) is 0.868. The molecule has 0 amide bonds. The van der Waals surface area contributed by atoms with Crippen LogP contribution in [0.3, 0.4) is 0 Å². The highest BCUT2D eigenvalue weighted by Gasteiger charge is 2.32. The molecule has 2 rings (SSSR count). The number of carboxylic acids is 1. The largest absolute Gasteiger partial charge is 0.573 e. The molecule has 2 aromatic rings. The molecular weight excluding hydrogens is 292 g/mol. The van der Waals surface area contributed by atoms with Crippen molar-refractivity contribution in [3.63, 3.8) is 0 Å². The molecule has 3 nitrogen and oxygen atoms in total. The normalized spacial score (nSPS) is 11.2. The number of para-hydroxylation sites is 1. The van der Waals surface area contributed by atoms with Gasteiger partial charge in [-0.2, -0.15) is 0 Å². The molecular formula is C14H8F4O3. The predicted molar refractivity (Wildman–Crippen MR) is 65.5 cm³/mol. The minimum atomic E-state index is -4.90. The Hall–Kier alpha value is -2.57. The zero-order valence-corrected chi connectivity index (χ0v) is 10.3. The summed E-state index contributed by atoms with van der Waals surface area (Å²) in [6.45, 7) is 0. The fourth-order valence-electron chi connectivity index (χ4n) is 1.79. The number of rotatable bonds is 3. The molecule has 0 aliphatic heterocycles. The second-order valence-corrected chi connectivity index (χ2v) is 4.08. The van der Waals surface area contributed by atoms with E-state index in [1.54, 1.807) is 0 Å². The molecule has 1 N–H and O–H groups in total. The van der Waals surface area contributed by atoms with E-state index in [9.17, 15) is 22.4 Å².